The molecule has 0 unspecified atom stereocenters. The lowest BCUT2D eigenvalue weighted by Gasteiger charge is -2.35. The molecule has 0 aliphatic carbocycles. The SMILES string of the molecule is C[C@@]1(CNC(=O)N2CCC([C@H](O)C(F)(F)F)CC2)CCCS1. The number of thioether (sulfide) groups is 1. The molecule has 0 radical (unpaired) electrons. The summed E-state index contributed by atoms with van der Waals surface area (Å²) in [6, 6.07) is -0.214. The number of piperidine rings is 1. The highest BCUT2D eigenvalue weighted by Crippen LogP contribution is 2.37. The van der Waals surface area contributed by atoms with Gasteiger partial charge in [0.05, 0.1) is 0 Å². The number of carbonyl (C=O) groups is 1. The molecule has 0 bridgehead atoms. The molecule has 128 valence electrons. The number of aliphatic hydroxyl groups is 1. The maximum atomic E-state index is 12.5. The average Bonchev–Trinajstić information content (AvgIpc) is 2.90. The number of urea groups is 1. The zero-order chi connectivity index (χ0) is 16.4. The standard InChI is InChI=1S/C14H23F3N2O2S/c1-13(5-2-8-22-13)9-18-12(21)19-6-3-10(4-7-19)11(20)14(15,16)17/h10-11,20H,2-9H2,1H3,(H,18,21)/t11-,13-/m0/s1. The van der Waals surface area contributed by atoms with Crippen molar-refractivity contribution in [3.8, 4) is 0 Å². The van der Waals surface area contributed by atoms with Crippen molar-refractivity contribution in [2.75, 3.05) is 25.4 Å². The number of likely N-dealkylation sites (tertiary alicyclic amines) is 1. The van der Waals surface area contributed by atoms with Gasteiger partial charge in [0, 0.05) is 24.4 Å². The predicted octanol–water partition coefficient (Wildman–Crippen LogP) is 2.62. The second kappa shape index (κ2) is 6.86. The Morgan fingerprint density at radius 1 is 1.45 bits per heavy atom. The molecule has 2 aliphatic rings. The van der Waals surface area contributed by atoms with Crippen LogP contribution in [0, 0.1) is 5.92 Å². The van der Waals surface area contributed by atoms with Crippen LogP contribution in [0.3, 0.4) is 0 Å². The van der Waals surface area contributed by atoms with E-state index in [0.29, 0.717) is 6.54 Å². The molecule has 2 N–H and O–H groups in total. The summed E-state index contributed by atoms with van der Waals surface area (Å²) in [5.41, 5.74) is 0. The van der Waals surface area contributed by atoms with Gasteiger partial charge in [0.15, 0.2) is 6.10 Å². The number of amides is 2. The molecule has 2 aliphatic heterocycles. The van der Waals surface area contributed by atoms with Crippen LogP contribution in [0.2, 0.25) is 0 Å². The minimum absolute atomic E-state index is 0.0699. The number of rotatable bonds is 3. The van der Waals surface area contributed by atoms with E-state index < -0.39 is 18.2 Å². The molecule has 8 heteroatoms. The fourth-order valence-electron chi connectivity index (χ4n) is 3.04. The van der Waals surface area contributed by atoms with Gasteiger partial charge in [0.2, 0.25) is 0 Å². The lowest BCUT2D eigenvalue weighted by atomic mass is 9.91. The Bertz CT molecular complexity index is 392. The van der Waals surface area contributed by atoms with Gasteiger partial charge >= 0.3 is 12.2 Å². The summed E-state index contributed by atoms with van der Waals surface area (Å²) in [6.45, 7) is 3.22. The van der Waals surface area contributed by atoms with E-state index in [9.17, 15) is 23.1 Å². The van der Waals surface area contributed by atoms with E-state index in [1.54, 1.807) is 4.90 Å². The van der Waals surface area contributed by atoms with Crippen molar-refractivity contribution in [1.29, 1.82) is 0 Å². The van der Waals surface area contributed by atoms with E-state index in [4.69, 9.17) is 0 Å². The number of hydrogen-bond donors (Lipinski definition) is 2. The van der Waals surface area contributed by atoms with Crippen LogP contribution in [0.4, 0.5) is 18.0 Å². The molecule has 0 saturated carbocycles. The van der Waals surface area contributed by atoms with Crippen molar-refractivity contribution < 1.29 is 23.1 Å². The Morgan fingerprint density at radius 3 is 2.59 bits per heavy atom. The van der Waals surface area contributed by atoms with Gasteiger partial charge < -0.3 is 15.3 Å². The Kier molecular flexibility index (Phi) is 5.53. The lowest BCUT2D eigenvalue weighted by Crippen LogP contribution is -2.50. The molecule has 0 spiro atoms. The zero-order valence-electron chi connectivity index (χ0n) is 12.7. The number of hydrogen-bond acceptors (Lipinski definition) is 3. The highest BCUT2D eigenvalue weighted by Gasteiger charge is 2.44. The van der Waals surface area contributed by atoms with E-state index >= 15 is 0 Å². The van der Waals surface area contributed by atoms with Crippen molar-refractivity contribution in [2.24, 2.45) is 5.92 Å². The van der Waals surface area contributed by atoms with E-state index in [0.717, 1.165) is 18.6 Å². The second-order valence-electron chi connectivity index (χ2n) is 6.37. The molecule has 2 rings (SSSR count). The van der Waals surface area contributed by atoms with E-state index in [2.05, 4.69) is 12.2 Å². The van der Waals surface area contributed by atoms with Crippen LogP contribution in [0.15, 0.2) is 0 Å². The predicted molar refractivity (Wildman–Crippen MR) is 79.9 cm³/mol. The quantitative estimate of drug-likeness (QED) is 0.830. The Hall–Kier alpha value is -0.630. The van der Waals surface area contributed by atoms with E-state index in [1.165, 1.54) is 0 Å². The summed E-state index contributed by atoms with van der Waals surface area (Å²) in [6.07, 6.45) is -4.29. The normalized spacial score (nSPS) is 28.7. The Labute approximate surface area is 132 Å². The molecule has 2 atom stereocenters. The number of nitrogens with zero attached hydrogens (tertiary/aromatic N) is 1. The van der Waals surface area contributed by atoms with Crippen LogP contribution in [-0.4, -0.2) is 58.5 Å². The molecule has 2 heterocycles. The molecule has 0 aromatic heterocycles. The van der Waals surface area contributed by atoms with Crippen molar-refractivity contribution >= 4 is 17.8 Å². The highest BCUT2D eigenvalue weighted by molar-refractivity contribution is 8.00. The molecule has 22 heavy (non-hydrogen) atoms. The van der Waals surface area contributed by atoms with Gasteiger partial charge in [0.1, 0.15) is 0 Å². The van der Waals surface area contributed by atoms with Crippen LogP contribution < -0.4 is 5.32 Å². The third kappa shape index (κ3) is 4.44. The Balaban J connectivity index is 1.75. The molecule has 2 fully saturated rings. The first-order chi connectivity index (χ1) is 10.2. The van der Waals surface area contributed by atoms with Crippen LogP contribution in [0.1, 0.15) is 32.6 Å². The van der Waals surface area contributed by atoms with Gasteiger partial charge in [-0.15, -0.1) is 0 Å². The number of nitrogens with one attached hydrogen (secondary N) is 1. The van der Waals surface area contributed by atoms with Crippen molar-refractivity contribution in [3.05, 3.63) is 0 Å². The first kappa shape index (κ1) is 17.7. The lowest BCUT2D eigenvalue weighted by molar-refractivity contribution is -0.222. The van der Waals surface area contributed by atoms with Crippen LogP contribution >= 0.6 is 11.8 Å². The summed E-state index contributed by atoms with van der Waals surface area (Å²) >= 11 is 1.85. The third-order valence-electron chi connectivity index (χ3n) is 4.52. The van der Waals surface area contributed by atoms with Crippen molar-refractivity contribution in [1.82, 2.24) is 10.2 Å². The summed E-state index contributed by atoms with van der Waals surface area (Å²) in [5, 5.41) is 12.2. The second-order valence-corrected chi connectivity index (χ2v) is 8.05. The van der Waals surface area contributed by atoms with Gasteiger partial charge in [-0.3, -0.25) is 0 Å². The van der Waals surface area contributed by atoms with Gasteiger partial charge in [-0.1, -0.05) is 0 Å². The summed E-state index contributed by atoms with van der Waals surface area (Å²) in [5.74, 6) is 0.291. The number of aliphatic hydroxyl groups excluding tert-OH is 1. The van der Waals surface area contributed by atoms with Gasteiger partial charge in [-0.25, -0.2) is 4.79 Å². The minimum atomic E-state index is -4.58. The molecule has 2 amide bonds. The van der Waals surface area contributed by atoms with Crippen molar-refractivity contribution in [2.45, 2.75) is 49.6 Å². The third-order valence-corrected chi connectivity index (χ3v) is 6.06. The summed E-state index contributed by atoms with van der Waals surface area (Å²) in [7, 11) is 0. The van der Waals surface area contributed by atoms with E-state index in [-0.39, 0.29) is 36.7 Å². The average molecular weight is 340 g/mol. The fourth-order valence-corrected chi connectivity index (χ4v) is 4.28. The molecular formula is C14H23F3N2O2S. The highest BCUT2D eigenvalue weighted by atomic mass is 32.2. The summed E-state index contributed by atoms with van der Waals surface area (Å²) < 4.78 is 37.5. The fraction of sp³-hybridized carbons (Fsp3) is 0.929. The van der Waals surface area contributed by atoms with Crippen LogP contribution in [0.5, 0.6) is 0 Å². The minimum Gasteiger partial charge on any atom is -0.383 e. The first-order valence-corrected chi connectivity index (χ1v) is 8.61. The largest absolute Gasteiger partial charge is 0.414 e. The maximum Gasteiger partial charge on any atom is 0.414 e. The summed E-state index contributed by atoms with van der Waals surface area (Å²) in [4.78, 5) is 13.6. The molecule has 0 aromatic rings. The smallest absolute Gasteiger partial charge is 0.383 e. The molecule has 0 aromatic carbocycles. The van der Waals surface area contributed by atoms with Crippen molar-refractivity contribution in [3.63, 3.8) is 0 Å². The maximum absolute atomic E-state index is 12.5. The van der Waals surface area contributed by atoms with Gasteiger partial charge in [0.25, 0.3) is 0 Å². The topological polar surface area (TPSA) is 52.6 Å². The first-order valence-electron chi connectivity index (χ1n) is 7.63. The van der Waals surface area contributed by atoms with Gasteiger partial charge in [-0.2, -0.15) is 24.9 Å². The molecular weight excluding hydrogens is 317 g/mol. The van der Waals surface area contributed by atoms with Crippen LogP contribution in [0.25, 0.3) is 0 Å². The van der Waals surface area contributed by atoms with E-state index in [1.807, 2.05) is 11.8 Å². The molecule has 4 nitrogen and oxygen atoms in total. The number of carbonyl (C=O) groups excluding carboxylic acids is 1. The number of halogens is 3. The number of alkyl halides is 3. The Morgan fingerprint density at radius 2 is 2.09 bits per heavy atom. The zero-order valence-corrected chi connectivity index (χ0v) is 13.5. The van der Waals surface area contributed by atoms with Gasteiger partial charge in [-0.05, 0) is 44.3 Å². The van der Waals surface area contributed by atoms with Crippen LogP contribution in [-0.2, 0) is 0 Å². The molecule has 2 saturated heterocycles. The monoisotopic (exact) mass is 340 g/mol.